The van der Waals surface area contributed by atoms with Crippen molar-refractivity contribution in [3.8, 4) is 0 Å². The van der Waals surface area contributed by atoms with Crippen LogP contribution in [0.1, 0.15) is 43.2 Å². The molecule has 0 aromatic heterocycles. The van der Waals surface area contributed by atoms with Crippen molar-refractivity contribution in [2.24, 2.45) is 5.92 Å². The summed E-state index contributed by atoms with van der Waals surface area (Å²) in [5.74, 6) is 0.982. The number of carbonyl (C=O) groups excluding carboxylic acids is 1. The molecule has 6 heteroatoms. The summed E-state index contributed by atoms with van der Waals surface area (Å²) < 4.78 is 0. The van der Waals surface area contributed by atoms with Gasteiger partial charge < -0.3 is 15.1 Å². The van der Waals surface area contributed by atoms with E-state index in [2.05, 4.69) is 47.2 Å². The monoisotopic (exact) mass is 413 g/mol. The average molecular weight is 414 g/mol. The summed E-state index contributed by atoms with van der Waals surface area (Å²) in [5, 5.41) is 3.68. The number of hydrogen-bond donors (Lipinski definition) is 1. The SMILES string of the molecule is Cc1cccc(N2CCN(C(=O)CC3CC4CCC(C3)N4)CC2)c1C.Cl.Cl. The molecular weight excluding hydrogens is 381 g/mol. The Balaban J connectivity index is 0.00000131. The zero-order valence-corrected chi connectivity index (χ0v) is 18.1. The van der Waals surface area contributed by atoms with Gasteiger partial charge in [-0.25, -0.2) is 0 Å². The Hall–Kier alpha value is -0.970. The minimum Gasteiger partial charge on any atom is -0.368 e. The Morgan fingerprint density at radius 1 is 1.04 bits per heavy atom. The van der Waals surface area contributed by atoms with Crippen LogP contribution < -0.4 is 10.2 Å². The number of nitrogens with one attached hydrogen (secondary N) is 1. The highest BCUT2D eigenvalue weighted by atomic mass is 35.5. The molecule has 1 aromatic carbocycles. The van der Waals surface area contributed by atoms with Crippen LogP contribution in [0.5, 0.6) is 0 Å². The Morgan fingerprint density at radius 3 is 2.30 bits per heavy atom. The first-order valence-electron chi connectivity index (χ1n) is 9.95. The molecule has 0 radical (unpaired) electrons. The molecule has 1 amide bonds. The molecule has 152 valence electrons. The van der Waals surface area contributed by atoms with Crippen LogP contribution in [0.3, 0.4) is 0 Å². The van der Waals surface area contributed by atoms with Gasteiger partial charge in [0.1, 0.15) is 0 Å². The van der Waals surface area contributed by atoms with Gasteiger partial charge in [0.15, 0.2) is 0 Å². The highest BCUT2D eigenvalue weighted by molar-refractivity contribution is 5.85. The summed E-state index contributed by atoms with van der Waals surface area (Å²) in [7, 11) is 0. The number of nitrogens with zero attached hydrogens (tertiary/aromatic N) is 2. The Kier molecular flexibility index (Phi) is 7.84. The third-order valence-corrected chi connectivity index (χ3v) is 6.58. The van der Waals surface area contributed by atoms with E-state index >= 15 is 0 Å². The molecule has 3 saturated heterocycles. The minimum atomic E-state index is 0. The molecule has 3 heterocycles. The number of fused-ring (bicyclic) bond motifs is 2. The number of piperazine rings is 1. The number of benzene rings is 1. The minimum absolute atomic E-state index is 0. The van der Waals surface area contributed by atoms with Gasteiger partial charge in [-0.15, -0.1) is 24.8 Å². The maximum absolute atomic E-state index is 12.8. The lowest BCUT2D eigenvalue weighted by Crippen LogP contribution is -2.49. The maximum Gasteiger partial charge on any atom is 0.222 e. The summed E-state index contributed by atoms with van der Waals surface area (Å²) in [6, 6.07) is 7.88. The third kappa shape index (κ3) is 4.90. The van der Waals surface area contributed by atoms with Crippen LogP contribution in [0, 0.1) is 19.8 Å². The van der Waals surface area contributed by atoms with Crippen molar-refractivity contribution in [2.45, 2.75) is 58.0 Å². The molecule has 3 aliphatic rings. The van der Waals surface area contributed by atoms with Crippen molar-refractivity contribution in [1.29, 1.82) is 0 Å². The number of rotatable bonds is 3. The number of amides is 1. The molecule has 2 atom stereocenters. The van der Waals surface area contributed by atoms with Gasteiger partial charge in [-0.1, -0.05) is 12.1 Å². The average Bonchev–Trinajstić information content (AvgIpc) is 2.96. The molecule has 4 rings (SSSR count). The third-order valence-electron chi connectivity index (χ3n) is 6.58. The first kappa shape index (κ1) is 22.3. The topological polar surface area (TPSA) is 35.6 Å². The molecule has 3 aliphatic heterocycles. The van der Waals surface area contributed by atoms with E-state index in [1.807, 2.05) is 0 Å². The predicted octanol–water partition coefficient (Wildman–Crippen LogP) is 3.72. The summed E-state index contributed by atoms with van der Waals surface area (Å²) in [4.78, 5) is 17.3. The van der Waals surface area contributed by atoms with Crippen molar-refractivity contribution >= 4 is 36.4 Å². The van der Waals surface area contributed by atoms with Crippen molar-refractivity contribution in [2.75, 3.05) is 31.1 Å². The van der Waals surface area contributed by atoms with Crippen LogP contribution in [0.15, 0.2) is 18.2 Å². The molecule has 0 saturated carbocycles. The summed E-state index contributed by atoms with van der Waals surface area (Å²) >= 11 is 0. The second-order valence-corrected chi connectivity index (χ2v) is 8.27. The van der Waals surface area contributed by atoms with Crippen molar-refractivity contribution in [1.82, 2.24) is 10.2 Å². The molecule has 4 nitrogen and oxygen atoms in total. The lowest BCUT2D eigenvalue weighted by atomic mass is 9.89. The van der Waals surface area contributed by atoms with Crippen LogP contribution in [-0.2, 0) is 4.79 Å². The van der Waals surface area contributed by atoms with Crippen molar-refractivity contribution < 1.29 is 4.79 Å². The van der Waals surface area contributed by atoms with E-state index in [1.165, 1.54) is 42.5 Å². The van der Waals surface area contributed by atoms with Crippen LogP contribution in [-0.4, -0.2) is 49.1 Å². The van der Waals surface area contributed by atoms with E-state index in [-0.39, 0.29) is 24.8 Å². The van der Waals surface area contributed by atoms with Gasteiger partial charge in [0, 0.05) is 50.4 Å². The van der Waals surface area contributed by atoms with Gasteiger partial charge >= 0.3 is 0 Å². The van der Waals surface area contributed by atoms with E-state index in [0.29, 0.717) is 23.9 Å². The number of hydrogen-bond acceptors (Lipinski definition) is 3. The van der Waals surface area contributed by atoms with Crippen LogP contribution in [0.4, 0.5) is 5.69 Å². The number of anilines is 1. The van der Waals surface area contributed by atoms with Gasteiger partial charge in [-0.2, -0.15) is 0 Å². The number of piperidine rings is 1. The van der Waals surface area contributed by atoms with E-state index in [1.54, 1.807) is 0 Å². The number of halogens is 2. The fourth-order valence-corrected chi connectivity index (χ4v) is 4.99. The van der Waals surface area contributed by atoms with Gasteiger partial charge in [-0.3, -0.25) is 4.79 Å². The van der Waals surface area contributed by atoms with E-state index in [0.717, 1.165) is 32.6 Å². The van der Waals surface area contributed by atoms with Gasteiger partial charge in [0.05, 0.1) is 0 Å². The smallest absolute Gasteiger partial charge is 0.222 e. The Bertz CT molecular complexity index is 634. The molecule has 1 aromatic rings. The second-order valence-electron chi connectivity index (χ2n) is 8.27. The number of aryl methyl sites for hydroxylation is 1. The molecule has 2 bridgehead atoms. The van der Waals surface area contributed by atoms with Gasteiger partial charge in [0.2, 0.25) is 5.91 Å². The standard InChI is InChI=1S/C21H31N3O.2ClH/c1-15-4-3-5-20(16(15)2)23-8-10-24(11-9-23)21(25)14-17-12-18-6-7-19(13-17)22-18;;/h3-5,17-19,22H,6-14H2,1-2H3;2*1H. The fraction of sp³-hybridized carbons (Fsp3) is 0.667. The molecule has 0 aliphatic carbocycles. The largest absolute Gasteiger partial charge is 0.368 e. The van der Waals surface area contributed by atoms with E-state index in [9.17, 15) is 4.79 Å². The quantitative estimate of drug-likeness (QED) is 0.819. The molecule has 2 unspecified atom stereocenters. The highest BCUT2D eigenvalue weighted by Crippen LogP contribution is 2.33. The first-order chi connectivity index (χ1) is 12.1. The fourth-order valence-electron chi connectivity index (χ4n) is 4.99. The summed E-state index contributed by atoms with van der Waals surface area (Å²) in [6.07, 6.45) is 5.78. The van der Waals surface area contributed by atoms with Crippen LogP contribution in [0.2, 0.25) is 0 Å². The lowest BCUT2D eigenvalue weighted by Gasteiger charge is -2.38. The molecule has 1 N–H and O–H groups in total. The van der Waals surface area contributed by atoms with E-state index in [4.69, 9.17) is 0 Å². The second kappa shape index (κ2) is 9.49. The molecule has 27 heavy (non-hydrogen) atoms. The van der Waals surface area contributed by atoms with Gasteiger partial charge in [-0.05, 0) is 62.6 Å². The zero-order valence-electron chi connectivity index (χ0n) is 16.4. The Morgan fingerprint density at radius 2 is 1.67 bits per heavy atom. The Labute approximate surface area is 175 Å². The van der Waals surface area contributed by atoms with Crippen molar-refractivity contribution in [3.05, 3.63) is 29.3 Å². The summed E-state index contributed by atoms with van der Waals surface area (Å²) in [6.45, 7) is 8.01. The van der Waals surface area contributed by atoms with E-state index < -0.39 is 0 Å². The molecular formula is C21H33Cl2N3O. The molecule has 3 fully saturated rings. The van der Waals surface area contributed by atoms with Crippen molar-refractivity contribution in [3.63, 3.8) is 0 Å². The maximum atomic E-state index is 12.8. The molecule has 0 spiro atoms. The first-order valence-corrected chi connectivity index (χ1v) is 9.95. The van der Waals surface area contributed by atoms with Crippen LogP contribution >= 0.6 is 24.8 Å². The van der Waals surface area contributed by atoms with Crippen LogP contribution in [0.25, 0.3) is 0 Å². The lowest BCUT2D eigenvalue weighted by molar-refractivity contribution is -0.132. The summed E-state index contributed by atoms with van der Waals surface area (Å²) in [5.41, 5.74) is 4.05. The zero-order chi connectivity index (χ0) is 17.4. The normalized spacial score (nSPS) is 27.0. The number of carbonyl (C=O) groups is 1. The predicted molar refractivity (Wildman–Crippen MR) is 116 cm³/mol. The highest BCUT2D eigenvalue weighted by Gasteiger charge is 2.35. The van der Waals surface area contributed by atoms with Gasteiger partial charge in [0.25, 0.3) is 0 Å².